The summed E-state index contributed by atoms with van der Waals surface area (Å²) in [5.74, 6) is -1.50. The third kappa shape index (κ3) is 3.04. The summed E-state index contributed by atoms with van der Waals surface area (Å²) < 4.78 is 32.7. The van der Waals surface area contributed by atoms with Crippen molar-refractivity contribution in [2.45, 2.75) is 25.4 Å². The Labute approximate surface area is 106 Å². The third-order valence-electron chi connectivity index (χ3n) is 2.93. The first kappa shape index (κ1) is 15.0. The highest BCUT2D eigenvalue weighted by Gasteiger charge is 2.35. The second-order valence-corrected chi connectivity index (χ2v) is 4.41. The van der Waals surface area contributed by atoms with E-state index in [0.29, 0.717) is 13.0 Å². The molecule has 1 atom stereocenters. The normalized spacial score (nSPS) is 14.6. The van der Waals surface area contributed by atoms with Crippen LogP contribution in [0.3, 0.4) is 0 Å². The maximum atomic E-state index is 14.0. The first-order valence-corrected chi connectivity index (χ1v) is 5.82. The summed E-state index contributed by atoms with van der Waals surface area (Å²) >= 11 is 0. The average Bonchev–Trinajstić information content (AvgIpc) is 2.32. The molecular formula is C13H19F2NO2. The molecule has 1 rings (SSSR count). The summed E-state index contributed by atoms with van der Waals surface area (Å²) in [6.07, 6.45) is 0.599. The van der Waals surface area contributed by atoms with Crippen LogP contribution in [-0.2, 0) is 10.3 Å². The number of benzene rings is 1. The van der Waals surface area contributed by atoms with Crippen molar-refractivity contribution < 1.29 is 18.6 Å². The van der Waals surface area contributed by atoms with Gasteiger partial charge in [-0.3, -0.25) is 0 Å². The molecule has 0 radical (unpaired) electrons. The molecule has 0 fully saturated rings. The summed E-state index contributed by atoms with van der Waals surface area (Å²) in [4.78, 5) is 0. The Morgan fingerprint density at radius 1 is 1.39 bits per heavy atom. The van der Waals surface area contributed by atoms with E-state index in [1.807, 2.05) is 0 Å². The molecule has 1 aromatic rings. The maximum absolute atomic E-state index is 14.0. The molecule has 1 unspecified atom stereocenters. The predicted molar refractivity (Wildman–Crippen MR) is 65.2 cm³/mol. The molecule has 18 heavy (non-hydrogen) atoms. The van der Waals surface area contributed by atoms with Crippen LogP contribution in [0.2, 0.25) is 0 Å². The molecule has 0 aliphatic rings. The van der Waals surface area contributed by atoms with Gasteiger partial charge in [0.2, 0.25) is 0 Å². The molecule has 0 amide bonds. The van der Waals surface area contributed by atoms with Crippen LogP contribution in [0.15, 0.2) is 12.1 Å². The molecule has 0 aliphatic carbocycles. The summed E-state index contributed by atoms with van der Waals surface area (Å²) in [5, 5.41) is 10.4. The van der Waals surface area contributed by atoms with Gasteiger partial charge in [0.15, 0.2) is 0 Å². The van der Waals surface area contributed by atoms with Crippen LogP contribution in [-0.4, -0.2) is 25.4 Å². The second kappa shape index (κ2) is 6.22. The number of hydrogen-bond donors (Lipinski definition) is 2. The van der Waals surface area contributed by atoms with Crippen LogP contribution in [0.25, 0.3) is 0 Å². The lowest BCUT2D eigenvalue weighted by Gasteiger charge is -2.29. The van der Waals surface area contributed by atoms with Crippen molar-refractivity contribution in [3.8, 4) is 0 Å². The highest BCUT2D eigenvalue weighted by molar-refractivity contribution is 5.31. The Balaban J connectivity index is 3.24. The molecule has 3 nitrogen and oxygen atoms in total. The highest BCUT2D eigenvalue weighted by atomic mass is 19.1. The maximum Gasteiger partial charge on any atom is 0.135 e. The fourth-order valence-electron chi connectivity index (χ4n) is 1.99. The van der Waals surface area contributed by atoms with E-state index in [2.05, 4.69) is 0 Å². The van der Waals surface area contributed by atoms with Crippen molar-refractivity contribution in [2.24, 2.45) is 5.73 Å². The minimum atomic E-state index is -1.69. The van der Waals surface area contributed by atoms with Crippen molar-refractivity contribution in [1.29, 1.82) is 0 Å². The van der Waals surface area contributed by atoms with Crippen molar-refractivity contribution in [3.05, 3.63) is 34.9 Å². The van der Waals surface area contributed by atoms with E-state index in [0.717, 1.165) is 6.07 Å². The number of methoxy groups -OCH3 is 1. The van der Waals surface area contributed by atoms with Gasteiger partial charge in [0.25, 0.3) is 0 Å². The minimum Gasteiger partial charge on any atom is -0.383 e. The third-order valence-corrected chi connectivity index (χ3v) is 2.93. The fraction of sp³-hybridized carbons (Fsp3) is 0.538. The Kier molecular flexibility index (Phi) is 5.19. The van der Waals surface area contributed by atoms with E-state index >= 15 is 0 Å². The Hall–Kier alpha value is -1.04. The van der Waals surface area contributed by atoms with E-state index < -0.39 is 17.2 Å². The van der Waals surface area contributed by atoms with Crippen LogP contribution >= 0.6 is 0 Å². The van der Waals surface area contributed by atoms with Gasteiger partial charge in [-0.05, 0) is 37.9 Å². The molecular weight excluding hydrogens is 240 g/mol. The molecule has 0 bridgehead atoms. The van der Waals surface area contributed by atoms with Crippen LogP contribution < -0.4 is 5.73 Å². The fourth-order valence-corrected chi connectivity index (χ4v) is 1.99. The molecule has 0 saturated carbocycles. The van der Waals surface area contributed by atoms with Gasteiger partial charge >= 0.3 is 0 Å². The van der Waals surface area contributed by atoms with Gasteiger partial charge in [-0.2, -0.15) is 0 Å². The number of halogens is 2. The summed E-state index contributed by atoms with van der Waals surface area (Å²) in [7, 11) is 1.37. The zero-order chi connectivity index (χ0) is 13.8. The van der Waals surface area contributed by atoms with Gasteiger partial charge < -0.3 is 15.6 Å². The average molecular weight is 259 g/mol. The predicted octanol–water partition coefficient (Wildman–Crippen LogP) is 1.85. The lowest BCUT2D eigenvalue weighted by Crippen LogP contribution is -2.34. The highest BCUT2D eigenvalue weighted by Crippen LogP contribution is 2.32. The van der Waals surface area contributed by atoms with Crippen molar-refractivity contribution in [2.75, 3.05) is 20.3 Å². The van der Waals surface area contributed by atoms with Crippen molar-refractivity contribution in [3.63, 3.8) is 0 Å². The van der Waals surface area contributed by atoms with Crippen LogP contribution in [0, 0.1) is 18.6 Å². The lowest BCUT2D eigenvalue weighted by molar-refractivity contribution is -0.0478. The Bertz CT molecular complexity index is 412. The van der Waals surface area contributed by atoms with E-state index in [1.165, 1.54) is 20.1 Å². The summed E-state index contributed by atoms with van der Waals surface area (Å²) in [6, 6.07) is 2.49. The van der Waals surface area contributed by atoms with E-state index in [4.69, 9.17) is 10.5 Å². The first-order chi connectivity index (χ1) is 8.46. The molecule has 0 saturated heterocycles. The van der Waals surface area contributed by atoms with E-state index in [-0.39, 0.29) is 24.2 Å². The molecule has 102 valence electrons. The number of rotatable bonds is 6. The topological polar surface area (TPSA) is 55.5 Å². The van der Waals surface area contributed by atoms with Gasteiger partial charge in [0.05, 0.1) is 12.2 Å². The zero-order valence-corrected chi connectivity index (χ0v) is 10.7. The van der Waals surface area contributed by atoms with Crippen molar-refractivity contribution in [1.82, 2.24) is 0 Å². The molecule has 0 spiro atoms. The molecule has 0 heterocycles. The van der Waals surface area contributed by atoms with Gasteiger partial charge in [-0.1, -0.05) is 6.07 Å². The first-order valence-electron chi connectivity index (χ1n) is 5.82. The van der Waals surface area contributed by atoms with Gasteiger partial charge in [0, 0.05) is 7.11 Å². The van der Waals surface area contributed by atoms with Gasteiger partial charge in [-0.15, -0.1) is 0 Å². The minimum absolute atomic E-state index is 0.147. The zero-order valence-electron chi connectivity index (χ0n) is 10.7. The molecule has 0 aromatic heterocycles. The van der Waals surface area contributed by atoms with Gasteiger partial charge in [0.1, 0.15) is 17.2 Å². The second-order valence-electron chi connectivity index (χ2n) is 4.41. The van der Waals surface area contributed by atoms with Crippen molar-refractivity contribution >= 4 is 0 Å². The molecule has 5 heteroatoms. The van der Waals surface area contributed by atoms with E-state index in [9.17, 15) is 13.9 Å². The molecule has 0 aliphatic heterocycles. The van der Waals surface area contributed by atoms with Crippen LogP contribution in [0.5, 0.6) is 0 Å². The molecule has 3 N–H and O–H groups in total. The number of hydrogen-bond acceptors (Lipinski definition) is 3. The van der Waals surface area contributed by atoms with E-state index in [1.54, 1.807) is 0 Å². The van der Waals surface area contributed by atoms with Gasteiger partial charge in [-0.25, -0.2) is 8.78 Å². The number of aliphatic hydroxyl groups is 1. The summed E-state index contributed by atoms with van der Waals surface area (Å²) in [5.41, 5.74) is 3.64. The smallest absolute Gasteiger partial charge is 0.135 e. The lowest BCUT2D eigenvalue weighted by atomic mass is 9.88. The van der Waals surface area contributed by atoms with Crippen LogP contribution in [0.4, 0.5) is 8.78 Å². The van der Waals surface area contributed by atoms with Crippen LogP contribution in [0.1, 0.15) is 24.0 Å². The number of aryl methyl sites for hydroxylation is 1. The summed E-state index contributed by atoms with van der Waals surface area (Å²) in [6.45, 7) is 1.68. The monoisotopic (exact) mass is 259 g/mol. The SMILES string of the molecule is COCC(O)(CCCN)c1c(F)ccc(C)c1F. The molecule has 1 aromatic carbocycles. The quantitative estimate of drug-likeness (QED) is 0.819. The standard InChI is InChI=1S/C13H19F2NO2/c1-9-4-5-10(14)11(12(9)15)13(17,8-18-2)6-3-7-16/h4-5,17H,3,6-8,16H2,1-2H3. The Morgan fingerprint density at radius 2 is 2.06 bits per heavy atom. The largest absolute Gasteiger partial charge is 0.383 e. The number of nitrogens with two attached hydrogens (primary N) is 1. The number of ether oxygens (including phenoxy) is 1. The Morgan fingerprint density at radius 3 is 2.61 bits per heavy atom.